The zero-order valence-electron chi connectivity index (χ0n) is 15.4. The van der Waals surface area contributed by atoms with E-state index in [1.54, 1.807) is 0 Å². The fourth-order valence-electron chi connectivity index (χ4n) is 3.35. The Morgan fingerprint density at radius 2 is 1.83 bits per heavy atom. The molecule has 0 aromatic heterocycles. The lowest BCUT2D eigenvalue weighted by Crippen LogP contribution is -2.39. The van der Waals surface area contributed by atoms with Gasteiger partial charge in [-0.05, 0) is 63.2 Å². The molecular weight excluding hydrogens is 296 g/mol. The van der Waals surface area contributed by atoms with Gasteiger partial charge < -0.3 is 15.5 Å². The first-order chi connectivity index (χ1) is 11.8. The topological polar surface area (TPSA) is 39.7 Å². The Labute approximate surface area is 147 Å². The minimum Gasteiger partial charge on any atom is -0.356 e. The second kappa shape index (κ2) is 11.1. The summed E-state index contributed by atoms with van der Waals surface area (Å²) in [7, 11) is 1.85. The minimum atomic E-state index is 0.872. The highest BCUT2D eigenvalue weighted by atomic mass is 15.2. The number of benzene rings is 1. The summed E-state index contributed by atoms with van der Waals surface area (Å²) in [4.78, 5) is 6.88. The molecule has 0 atom stereocenters. The first-order valence-electron chi connectivity index (χ1n) is 9.52. The van der Waals surface area contributed by atoms with Gasteiger partial charge in [0.25, 0.3) is 0 Å². The van der Waals surface area contributed by atoms with Crippen LogP contribution in [0.4, 0.5) is 0 Å². The second-order valence-corrected chi connectivity index (χ2v) is 6.68. The van der Waals surface area contributed by atoms with Gasteiger partial charge in [0.05, 0.1) is 0 Å². The molecule has 24 heavy (non-hydrogen) atoms. The van der Waals surface area contributed by atoms with E-state index in [0.717, 1.165) is 37.8 Å². The van der Waals surface area contributed by atoms with E-state index in [1.807, 2.05) is 7.05 Å². The Morgan fingerprint density at radius 3 is 2.50 bits per heavy atom. The molecule has 0 amide bonds. The van der Waals surface area contributed by atoms with E-state index in [0.29, 0.717) is 0 Å². The van der Waals surface area contributed by atoms with Crippen LogP contribution in [0, 0.1) is 5.92 Å². The van der Waals surface area contributed by atoms with E-state index in [2.05, 4.69) is 57.8 Å². The summed E-state index contributed by atoms with van der Waals surface area (Å²) >= 11 is 0. The van der Waals surface area contributed by atoms with Gasteiger partial charge in [0.2, 0.25) is 0 Å². The molecule has 0 aliphatic carbocycles. The molecule has 1 saturated heterocycles. The molecule has 0 bridgehead atoms. The number of hydrogen-bond donors (Lipinski definition) is 2. The van der Waals surface area contributed by atoms with Crippen molar-refractivity contribution in [3.05, 3.63) is 35.9 Å². The molecule has 1 fully saturated rings. The molecule has 2 rings (SSSR count). The standard InChI is InChI=1S/C20H34N4/c1-3-24-16-12-19(13-17-24)11-15-23-20(21-2)22-14-7-10-18-8-5-4-6-9-18/h4-6,8-9,19H,3,7,10-17H2,1-2H3,(H2,21,22,23). The first kappa shape index (κ1) is 18.8. The van der Waals surface area contributed by atoms with E-state index >= 15 is 0 Å². The average Bonchev–Trinajstić information content (AvgIpc) is 2.65. The third kappa shape index (κ3) is 6.91. The van der Waals surface area contributed by atoms with Crippen LogP contribution < -0.4 is 10.6 Å². The smallest absolute Gasteiger partial charge is 0.190 e. The summed E-state index contributed by atoms with van der Waals surface area (Å²) in [5, 5.41) is 6.89. The van der Waals surface area contributed by atoms with Crippen LogP contribution in [0.25, 0.3) is 0 Å². The van der Waals surface area contributed by atoms with Crippen LogP contribution in [-0.4, -0.2) is 50.6 Å². The molecule has 1 heterocycles. The van der Waals surface area contributed by atoms with E-state index < -0.39 is 0 Å². The van der Waals surface area contributed by atoms with Gasteiger partial charge in [-0.15, -0.1) is 0 Å². The second-order valence-electron chi connectivity index (χ2n) is 6.68. The molecular formula is C20H34N4. The Kier molecular flexibility index (Phi) is 8.67. The van der Waals surface area contributed by atoms with Gasteiger partial charge >= 0.3 is 0 Å². The lowest BCUT2D eigenvalue weighted by atomic mass is 9.93. The summed E-state index contributed by atoms with van der Waals surface area (Å²) in [5.74, 6) is 1.81. The van der Waals surface area contributed by atoms with Crippen LogP contribution >= 0.6 is 0 Å². The minimum absolute atomic E-state index is 0.872. The summed E-state index contributed by atoms with van der Waals surface area (Å²) in [5.41, 5.74) is 1.40. The largest absolute Gasteiger partial charge is 0.356 e. The first-order valence-corrected chi connectivity index (χ1v) is 9.52. The van der Waals surface area contributed by atoms with Crippen molar-refractivity contribution in [3.8, 4) is 0 Å². The van der Waals surface area contributed by atoms with Crippen LogP contribution in [-0.2, 0) is 6.42 Å². The Bertz CT molecular complexity index is 464. The molecule has 4 heteroatoms. The number of likely N-dealkylation sites (tertiary alicyclic amines) is 1. The third-order valence-corrected chi connectivity index (χ3v) is 5.00. The van der Waals surface area contributed by atoms with Crippen LogP contribution in [0.5, 0.6) is 0 Å². The van der Waals surface area contributed by atoms with Crippen molar-refractivity contribution in [2.24, 2.45) is 10.9 Å². The van der Waals surface area contributed by atoms with Gasteiger partial charge in [-0.2, -0.15) is 0 Å². The highest BCUT2D eigenvalue weighted by Gasteiger charge is 2.17. The summed E-state index contributed by atoms with van der Waals surface area (Å²) < 4.78 is 0. The molecule has 1 aromatic carbocycles. The predicted octanol–water partition coefficient (Wildman–Crippen LogP) is 2.91. The molecule has 2 N–H and O–H groups in total. The zero-order chi connectivity index (χ0) is 17.0. The maximum atomic E-state index is 4.33. The molecule has 1 aliphatic heterocycles. The maximum absolute atomic E-state index is 4.33. The van der Waals surface area contributed by atoms with Crippen LogP contribution in [0.1, 0.15) is 38.2 Å². The van der Waals surface area contributed by atoms with E-state index in [9.17, 15) is 0 Å². The zero-order valence-corrected chi connectivity index (χ0v) is 15.4. The molecule has 134 valence electrons. The van der Waals surface area contributed by atoms with Crippen molar-refractivity contribution < 1.29 is 0 Å². The number of guanidine groups is 1. The molecule has 0 unspecified atom stereocenters. The van der Waals surface area contributed by atoms with Gasteiger partial charge in [-0.25, -0.2) is 0 Å². The van der Waals surface area contributed by atoms with Gasteiger partial charge in [0.15, 0.2) is 5.96 Å². The molecule has 1 aromatic rings. The van der Waals surface area contributed by atoms with Crippen molar-refractivity contribution in [1.29, 1.82) is 0 Å². The number of piperidine rings is 1. The van der Waals surface area contributed by atoms with Crippen LogP contribution in [0.15, 0.2) is 35.3 Å². The monoisotopic (exact) mass is 330 g/mol. The van der Waals surface area contributed by atoms with Gasteiger partial charge in [-0.1, -0.05) is 37.3 Å². The summed E-state index contributed by atoms with van der Waals surface area (Å²) in [6.45, 7) is 7.99. The SMILES string of the molecule is CCN1CCC(CCNC(=NC)NCCCc2ccccc2)CC1. The number of aryl methyl sites for hydroxylation is 1. The fourth-order valence-corrected chi connectivity index (χ4v) is 3.35. The Balaban J connectivity index is 1.54. The predicted molar refractivity (Wildman–Crippen MR) is 104 cm³/mol. The van der Waals surface area contributed by atoms with Gasteiger partial charge in [0.1, 0.15) is 0 Å². The molecule has 0 spiro atoms. The fraction of sp³-hybridized carbons (Fsp3) is 0.650. The summed E-state index contributed by atoms with van der Waals surface area (Å²) in [6, 6.07) is 10.7. The van der Waals surface area contributed by atoms with Crippen molar-refractivity contribution in [2.45, 2.75) is 39.0 Å². The number of hydrogen-bond acceptors (Lipinski definition) is 2. The van der Waals surface area contributed by atoms with E-state index in [-0.39, 0.29) is 0 Å². The van der Waals surface area contributed by atoms with Crippen LogP contribution in [0.3, 0.4) is 0 Å². The number of nitrogens with zero attached hydrogens (tertiary/aromatic N) is 2. The molecule has 1 aliphatic rings. The van der Waals surface area contributed by atoms with Gasteiger partial charge in [-0.3, -0.25) is 4.99 Å². The number of nitrogens with one attached hydrogen (secondary N) is 2. The summed E-state index contributed by atoms with van der Waals surface area (Å²) in [6.07, 6.45) is 6.18. The molecule has 0 radical (unpaired) electrons. The Hall–Kier alpha value is -1.55. The highest BCUT2D eigenvalue weighted by molar-refractivity contribution is 5.79. The number of rotatable bonds is 8. The van der Waals surface area contributed by atoms with Crippen LogP contribution in [0.2, 0.25) is 0 Å². The van der Waals surface area contributed by atoms with Crippen molar-refractivity contribution in [3.63, 3.8) is 0 Å². The van der Waals surface area contributed by atoms with Crippen molar-refractivity contribution >= 4 is 5.96 Å². The lowest BCUT2D eigenvalue weighted by Gasteiger charge is -2.31. The van der Waals surface area contributed by atoms with Crippen molar-refractivity contribution in [1.82, 2.24) is 15.5 Å². The molecule has 4 nitrogen and oxygen atoms in total. The van der Waals surface area contributed by atoms with E-state index in [4.69, 9.17) is 0 Å². The Morgan fingerprint density at radius 1 is 1.12 bits per heavy atom. The maximum Gasteiger partial charge on any atom is 0.190 e. The van der Waals surface area contributed by atoms with Crippen molar-refractivity contribution in [2.75, 3.05) is 39.8 Å². The average molecular weight is 331 g/mol. The lowest BCUT2D eigenvalue weighted by molar-refractivity contribution is 0.187. The number of aliphatic imine (C=N–C) groups is 1. The quantitative estimate of drug-likeness (QED) is 0.437. The normalized spacial score (nSPS) is 17.0. The molecule has 0 saturated carbocycles. The van der Waals surface area contributed by atoms with Gasteiger partial charge in [0, 0.05) is 20.1 Å². The van der Waals surface area contributed by atoms with E-state index in [1.165, 1.54) is 44.5 Å². The highest BCUT2D eigenvalue weighted by Crippen LogP contribution is 2.19. The third-order valence-electron chi connectivity index (χ3n) is 5.00.